The van der Waals surface area contributed by atoms with Crippen LogP contribution < -0.4 is 10.1 Å². The third kappa shape index (κ3) is 5.32. The number of nitrogens with one attached hydrogen (secondary N) is 1. The number of rotatable bonds is 8. The summed E-state index contributed by atoms with van der Waals surface area (Å²) in [7, 11) is 0. The number of hydrogen-bond acceptors (Lipinski definition) is 4. The first kappa shape index (κ1) is 18.5. The molecule has 2 aliphatic rings. The lowest BCUT2D eigenvalue weighted by Gasteiger charge is -2.33. The molecule has 0 spiro atoms. The molecule has 2 unspecified atom stereocenters. The Balaban J connectivity index is 1.13. The number of para-hydroxylation sites is 1. The molecule has 4 rings (SSSR count). The highest BCUT2D eigenvalue weighted by molar-refractivity contribution is 5.27. The largest absolute Gasteiger partial charge is 0.491 e. The molecule has 1 heterocycles. The molecule has 4 heteroatoms. The second-order valence-corrected chi connectivity index (χ2v) is 7.88. The van der Waals surface area contributed by atoms with Crippen molar-refractivity contribution in [1.82, 2.24) is 10.2 Å². The van der Waals surface area contributed by atoms with Gasteiger partial charge >= 0.3 is 0 Å². The van der Waals surface area contributed by atoms with Gasteiger partial charge in [0.05, 0.1) is 0 Å². The van der Waals surface area contributed by atoms with Crippen molar-refractivity contribution in [3.8, 4) is 5.75 Å². The van der Waals surface area contributed by atoms with E-state index < -0.39 is 6.10 Å². The van der Waals surface area contributed by atoms with Gasteiger partial charge in [0.1, 0.15) is 18.5 Å². The summed E-state index contributed by atoms with van der Waals surface area (Å²) in [4.78, 5) is 2.36. The van der Waals surface area contributed by atoms with Crippen LogP contribution >= 0.6 is 0 Å². The second-order valence-electron chi connectivity index (χ2n) is 7.88. The number of hydrogen-bond donors (Lipinski definition) is 2. The summed E-state index contributed by atoms with van der Waals surface area (Å²) in [6, 6.07) is 21.8. The Morgan fingerprint density at radius 3 is 2.37 bits per heavy atom. The molecule has 1 saturated heterocycles. The summed E-state index contributed by atoms with van der Waals surface area (Å²) in [6.07, 6.45) is 3.13. The van der Waals surface area contributed by atoms with E-state index in [0.29, 0.717) is 31.2 Å². The van der Waals surface area contributed by atoms with Crippen molar-refractivity contribution in [1.29, 1.82) is 0 Å². The van der Waals surface area contributed by atoms with Gasteiger partial charge in [-0.2, -0.15) is 0 Å². The minimum atomic E-state index is -0.444. The molecule has 0 amide bonds. The predicted octanol–water partition coefficient (Wildman–Crippen LogP) is 3.04. The van der Waals surface area contributed by atoms with Crippen LogP contribution in [0.1, 0.15) is 30.7 Å². The topological polar surface area (TPSA) is 44.7 Å². The maximum Gasteiger partial charge on any atom is 0.119 e. The highest BCUT2D eigenvalue weighted by Gasteiger charge is 2.39. The standard InChI is InChI=1S/C23H30N2O2/c26-20(17-27-21-9-5-2-6-10-21)16-25-13-11-19(12-14-25)24-23-15-22(23)18-7-3-1-4-8-18/h1-10,19-20,22-24,26H,11-17H2/t20-,22?,23?/m0/s1. The third-order valence-corrected chi connectivity index (χ3v) is 5.71. The molecule has 1 aliphatic carbocycles. The fraction of sp³-hybridized carbons (Fsp3) is 0.478. The van der Waals surface area contributed by atoms with Gasteiger partial charge in [0.2, 0.25) is 0 Å². The van der Waals surface area contributed by atoms with Crippen LogP contribution in [0.5, 0.6) is 5.75 Å². The normalized spacial score (nSPS) is 24.5. The van der Waals surface area contributed by atoms with Gasteiger partial charge in [0, 0.05) is 24.5 Å². The van der Waals surface area contributed by atoms with Crippen molar-refractivity contribution in [2.24, 2.45) is 0 Å². The predicted molar refractivity (Wildman–Crippen MR) is 108 cm³/mol. The van der Waals surface area contributed by atoms with Crippen LogP contribution in [0.25, 0.3) is 0 Å². The molecular weight excluding hydrogens is 336 g/mol. The maximum atomic E-state index is 10.3. The van der Waals surface area contributed by atoms with E-state index >= 15 is 0 Å². The van der Waals surface area contributed by atoms with Gasteiger partial charge in [-0.05, 0) is 50.0 Å². The van der Waals surface area contributed by atoms with Gasteiger partial charge in [-0.25, -0.2) is 0 Å². The first-order chi connectivity index (χ1) is 13.3. The van der Waals surface area contributed by atoms with Crippen LogP contribution in [0.4, 0.5) is 0 Å². The number of β-amino-alcohol motifs (C(OH)–C–C–N with tert-alkyl or cyclic N) is 1. The minimum absolute atomic E-state index is 0.350. The zero-order valence-electron chi connectivity index (χ0n) is 15.8. The molecule has 27 heavy (non-hydrogen) atoms. The van der Waals surface area contributed by atoms with E-state index in [1.54, 1.807) is 0 Å². The molecule has 2 fully saturated rings. The maximum absolute atomic E-state index is 10.3. The molecular formula is C23H30N2O2. The van der Waals surface area contributed by atoms with Crippen LogP contribution in [0, 0.1) is 0 Å². The fourth-order valence-corrected chi connectivity index (χ4v) is 4.09. The molecule has 1 saturated carbocycles. The quantitative estimate of drug-likeness (QED) is 0.754. The summed E-state index contributed by atoms with van der Waals surface area (Å²) < 4.78 is 5.66. The van der Waals surface area contributed by atoms with E-state index in [9.17, 15) is 5.11 Å². The Bertz CT molecular complexity index is 686. The number of benzene rings is 2. The lowest BCUT2D eigenvalue weighted by Crippen LogP contribution is -2.46. The molecule has 144 valence electrons. The Hall–Kier alpha value is -1.88. The lowest BCUT2D eigenvalue weighted by molar-refractivity contribution is 0.0578. The first-order valence-electron chi connectivity index (χ1n) is 10.2. The second kappa shape index (κ2) is 8.87. The zero-order valence-corrected chi connectivity index (χ0v) is 15.8. The lowest BCUT2D eigenvalue weighted by atomic mass is 10.0. The molecule has 3 atom stereocenters. The van der Waals surface area contributed by atoms with Gasteiger partial charge < -0.3 is 20.1 Å². The fourth-order valence-electron chi connectivity index (χ4n) is 4.09. The third-order valence-electron chi connectivity index (χ3n) is 5.71. The van der Waals surface area contributed by atoms with Crippen LogP contribution in [0.15, 0.2) is 60.7 Å². The molecule has 4 nitrogen and oxygen atoms in total. The molecule has 1 aliphatic heterocycles. The minimum Gasteiger partial charge on any atom is -0.491 e. The molecule has 2 N–H and O–H groups in total. The summed E-state index contributed by atoms with van der Waals surface area (Å²) in [6.45, 7) is 3.13. The van der Waals surface area contributed by atoms with Gasteiger partial charge in [-0.15, -0.1) is 0 Å². The molecule has 0 aromatic heterocycles. The van der Waals surface area contributed by atoms with Crippen molar-refractivity contribution < 1.29 is 9.84 Å². The van der Waals surface area contributed by atoms with Crippen molar-refractivity contribution in [3.63, 3.8) is 0 Å². The highest BCUT2D eigenvalue weighted by atomic mass is 16.5. The number of nitrogens with zero attached hydrogens (tertiary/aromatic N) is 1. The van der Waals surface area contributed by atoms with Crippen molar-refractivity contribution in [2.75, 3.05) is 26.2 Å². The van der Waals surface area contributed by atoms with E-state index in [4.69, 9.17) is 4.74 Å². The van der Waals surface area contributed by atoms with Crippen molar-refractivity contribution in [2.45, 2.75) is 43.4 Å². The monoisotopic (exact) mass is 366 g/mol. The van der Waals surface area contributed by atoms with Gasteiger partial charge in [-0.1, -0.05) is 48.5 Å². The van der Waals surface area contributed by atoms with Gasteiger partial charge in [0.15, 0.2) is 0 Å². The highest BCUT2D eigenvalue weighted by Crippen LogP contribution is 2.41. The number of likely N-dealkylation sites (tertiary alicyclic amines) is 1. The number of ether oxygens (including phenoxy) is 1. The number of piperidine rings is 1. The summed E-state index contributed by atoms with van der Waals surface area (Å²) in [5, 5.41) is 14.1. The van der Waals surface area contributed by atoms with E-state index in [2.05, 4.69) is 40.5 Å². The molecule has 2 aromatic rings. The Morgan fingerprint density at radius 1 is 1.00 bits per heavy atom. The molecule has 2 aromatic carbocycles. The summed E-state index contributed by atoms with van der Waals surface area (Å²) >= 11 is 0. The Morgan fingerprint density at radius 2 is 1.67 bits per heavy atom. The summed E-state index contributed by atoms with van der Waals surface area (Å²) in [5.41, 5.74) is 1.47. The van der Waals surface area contributed by atoms with Crippen LogP contribution in [0.3, 0.4) is 0 Å². The van der Waals surface area contributed by atoms with Crippen LogP contribution in [0.2, 0.25) is 0 Å². The smallest absolute Gasteiger partial charge is 0.119 e. The molecule has 0 bridgehead atoms. The zero-order chi connectivity index (χ0) is 18.5. The van der Waals surface area contributed by atoms with E-state index in [1.165, 1.54) is 12.0 Å². The summed E-state index contributed by atoms with van der Waals surface area (Å²) in [5.74, 6) is 1.51. The van der Waals surface area contributed by atoms with Gasteiger partial charge in [0.25, 0.3) is 0 Å². The van der Waals surface area contributed by atoms with Crippen molar-refractivity contribution >= 4 is 0 Å². The van der Waals surface area contributed by atoms with Crippen molar-refractivity contribution in [3.05, 3.63) is 66.2 Å². The van der Waals surface area contributed by atoms with E-state index in [1.807, 2.05) is 30.3 Å². The Labute approximate surface area is 162 Å². The SMILES string of the molecule is O[C@H](COc1ccccc1)CN1CCC(NC2CC2c2ccccc2)CC1. The molecule has 0 radical (unpaired) electrons. The Kier molecular flexibility index (Phi) is 6.07. The van der Waals surface area contributed by atoms with Gasteiger partial charge in [-0.3, -0.25) is 0 Å². The average molecular weight is 367 g/mol. The van der Waals surface area contributed by atoms with E-state index in [0.717, 1.165) is 31.7 Å². The van der Waals surface area contributed by atoms with Crippen LogP contribution in [-0.2, 0) is 0 Å². The number of aliphatic hydroxyl groups is 1. The number of aliphatic hydroxyl groups excluding tert-OH is 1. The van der Waals surface area contributed by atoms with Crippen LogP contribution in [-0.4, -0.2) is 54.4 Å². The average Bonchev–Trinajstić information content (AvgIpc) is 3.49. The van der Waals surface area contributed by atoms with E-state index in [-0.39, 0.29) is 0 Å². The first-order valence-corrected chi connectivity index (χ1v) is 10.2.